The van der Waals surface area contributed by atoms with Crippen molar-refractivity contribution < 1.29 is 81.2 Å². The van der Waals surface area contributed by atoms with Crippen molar-refractivity contribution in [1.82, 2.24) is 0 Å². The van der Waals surface area contributed by atoms with Gasteiger partial charge in [-0.05, 0) is 66.7 Å². The number of hydrogen-bond acceptors (Lipinski definition) is 18. The van der Waals surface area contributed by atoms with Gasteiger partial charge in [0.1, 0.15) is 48.4 Å². The fourth-order valence-corrected chi connectivity index (χ4v) is 7.80. The Morgan fingerprint density at radius 3 is 1.58 bits per heavy atom. The molecule has 18 heteroatoms. The molecule has 2 N–H and O–H groups in total. The lowest BCUT2D eigenvalue weighted by Crippen LogP contribution is -2.63. The number of esters is 4. The second-order valence-electron chi connectivity index (χ2n) is 15.9. The van der Waals surface area contributed by atoms with E-state index >= 15 is 0 Å². The van der Waals surface area contributed by atoms with Gasteiger partial charge in [-0.2, -0.15) is 0 Å². The zero-order chi connectivity index (χ0) is 51.3. The summed E-state index contributed by atoms with van der Waals surface area (Å²) in [6.45, 7) is -1.40. The molecule has 0 saturated carbocycles. The molecule has 0 bridgehead atoms. The number of fused-ring (bicyclic) bond motifs is 1. The number of hydrogen-bond donors (Lipinski definition) is 2. The van der Waals surface area contributed by atoms with Crippen LogP contribution in [0.15, 0.2) is 161 Å². The van der Waals surface area contributed by atoms with Gasteiger partial charge in [-0.15, -0.1) is 0 Å². The van der Waals surface area contributed by atoms with Crippen LogP contribution in [0, 0.1) is 0 Å². The molecule has 1 fully saturated rings. The quantitative estimate of drug-likeness (QED) is 0.0587. The minimum Gasteiger partial charge on any atom is -0.496 e. The molecule has 2 heterocycles. The zero-order valence-corrected chi connectivity index (χ0v) is 39.3. The number of ether oxygens (including phenoxy) is 10. The van der Waals surface area contributed by atoms with Gasteiger partial charge in [-0.25, -0.2) is 19.2 Å². The predicted octanol–water partition coefficient (Wildman–Crippen LogP) is 6.86. The Morgan fingerprint density at radius 2 is 1.05 bits per heavy atom. The molecule has 6 aromatic carbocycles. The monoisotopic (exact) mass is 996 g/mol. The highest BCUT2D eigenvalue weighted by Gasteiger charge is 2.54. The lowest BCUT2D eigenvalue weighted by atomic mass is 9.97. The summed E-state index contributed by atoms with van der Waals surface area (Å²) in [7, 11) is 2.58. The van der Waals surface area contributed by atoms with Crippen molar-refractivity contribution in [3.05, 3.63) is 184 Å². The van der Waals surface area contributed by atoms with Gasteiger partial charge in [0, 0.05) is 17.7 Å². The average Bonchev–Trinajstić information content (AvgIpc) is 3.43. The molecule has 2 unspecified atom stereocenters. The molecule has 18 nitrogen and oxygen atoms in total. The molecule has 5 atom stereocenters. The second-order valence-corrected chi connectivity index (χ2v) is 15.9. The van der Waals surface area contributed by atoms with Crippen molar-refractivity contribution in [2.75, 3.05) is 47.3 Å². The molecular formula is C55H48O18. The molecular weight excluding hydrogens is 949 g/mol. The third-order valence-electron chi connectivity index (χ3n) is 11.2. The molecule has 8 rings (SSSR count). The third kappa shape index (κ3) is 11.9. The van der Waals surface area contributed by atoms with Crippen molar-refractivity contribution in [3.63, 3.8) is 0 Å². The Bertz CT molecular complexity index is 3070. The highest BCUT2D eigenvalue weighted by Crippen LogP contribution is 2.41. The molecule has 1 saturated heterocycles. The standard InChI is InChI=1S/C55H48O18/c1-63-41-30-38(31-42-44(41)45(58)48(64-2)46(69-42)37-23-24-39(65-27-25-56)40(29-37)66-28-26-57)68-55-50(73-54(62)36-21-13-6-14-22-36)49(72-53(61)35-19-11-5-12-20-35)47(71-52(60)34-17-9-4-10-18-34)43(70-55)32-67-51(59)33-15-7-3-8-16-33/h3-24,29-31,43,47,49-50,55-57H,25-28,32H2,1-2H3/t43?,47-,49?,50+,55-/m1/s1. The van der Waals surface area contributed by atoms with Crippen LogP contribution in [0.5, 0.6) is 28.7 Å². The van der Waals surface area contributed by atoms with Gasteiger partial charge in [-0.3, -0.25) is 4.79 Å². The van der Waals surface area contributed by atoms with E-state index in [-0.39, 0.29) is 99.7 Å². The molecule has 0 aliphatic carbocycles. The predicted molar refractivity (Wildman–Crippen MR) is 259 cm³/mol. The number of aliphatic hydroxyl groups is 2. The molecule has 1 aromatic heterocycles. The first kappa shape index (κ1) is 50.7. The number of carbonyl (C=O) groups excluding carboxylic acids is 4. The van der Waals surface area contributed by atoms with Gasteiger partial charge in [0.15, 0.2) is 29.5 Å². The van der Waals surface area contributed by atoms with Crippen molar-refractivity contribution in [3.8, 4) is 40.1 Å². The van der Waals surface area contributed by atoms with E-state index in [1.165, 1.54) is 87.0 Å². The summed E-state index contributed by atoms with van der Waals surface area (Å²) in [6, 6.07) is 39.0. The maximum Gasteiger partial charge on any atom is 0.338 e. The minimum absolute atomic E-state index is 0.0575. The fourth-order valence-electron chi connectivity index (χ4n) is 7.80. The van der Waals surface area contributed by atoms with Crippen LogP contribution in [0.4, 0.5) is 0 Å². The number of carbonyl (C=O) groups is 4. The van der Waals surface area contributed by atoms with Gasteiger partial charge in [-0.1, -0.05) is 72.8 Å². The van der Waals surface area contributed by atoms with E-state index in [2.05, 4.69) is 0 Å². The lowest BCUT2D eigenvalue weighted by molar-refractivity contribution is -0.275. The van der Waals surface area contributed by atoms with E-state index in [1.807, 2.05) is 0 Å². The summed E-state index contributed by atoms with van der Waals surface area (Å²) in [4.78, 5) is 70.1. The second kappa shape index (κ2) is 23.9. The lowest BCUT2D eigenvalue weighted by Gasteiger charge is -2.44. The Labute approximate surface area is 417 Å². The van der Waals surface area contributed by atoms with E-state index < -0.39 is 66.6 Å². The van der Waals surface area contributed by atoms with Gasteiger partial charge in [0.05, 0.1) is 49.7 Å². The first-order valence-electron chi connectivity index (χ1n) is 22.8. The van der Waals surface area contributed by atoms with Crippen LogP contribution in [0.25, 0.3) is 22.3 Å². The zero-order valence-electron chi connectivity index (χ0n) is 39.3. The first-order chi connectivity index (χ1) is 35.6. The molecule has 0 radical (unpaired) electrons. The Balaban J connectivity index is 1.26. The Kier molecular flexibility index (Phi) is 16.6. The van der Waals surface area contributed by atoms with E-state index in [1.54, 1.807) is 78.9 Å². The average molecular weight is 997 g/mol. The van der Waals surface area contributed by atoms with Crippen LogP contribution in [0.2, 0.25) is 0 Å². The van der Waals surface area contributed by atoms with Crippen molar-refractivity contribution in [2.24, 2.45) is 0 Å². The minimum atomic E-state index is -1.78. The van der Waals surface area contributed by atoms with Crippen LogP contribution in [0.3, 0.4) is 0 Å². The van der Waals surface area contributed by atoms with Gasteiger partial charge >= 0.3 is 23.9 Å². The smallest absolute Gasteiger partial charge is 0.338 e. The topological polar surface area (TPSA) is 231 Å². The van der Waals surface area contributed by atoms with Crippen LogP contribution >= 0.6 is 0 Å². The summed E-state index contributed by atoms with van der Waals surface area (Å²) < 4.78 is 66.5. The number of benzene rings is 6. The molecule has 0 spiro atoms. The van der Waals surface area contributed by atoms with E-state index in [9.17, 15) is 34.2 Å². The van der Waals surface area contributed by atoms with Crippen LogP contribution in [0.1, 0.15) is 41.4 Å². The fraction of sp³-hybridized carbons (Fsp3) is 0.218. The summed E-state index contributed by atoms with van der Waals surface area (Å²) in [5.41, 5.74) is -0.0168. The largest absolute Gasteiger partial charge is 0.496 e. The Hall–Kier alpha value is -8.71. The van der Waals surface area contributed by atoms with Crippen molar-refractivity contribution in [1.29, 1.82) is 0 Å². The summed E-state index contributed by atoms with van der Waals surface area (Å²) in [5.74, 6) is -3.55. The number of methoxy groups -OCH3 is 2. The molecule has 7 aromatic rings. The maximum atomic E-state index is 14.3. The third-order valence-corrected chi connectivity index (χ3v) is 11.2. The number of aliphatic hydroxyl groups excluding tert-OH is 2. The Morgan fingerprint density at radius 1 is 0.548 bits per heavy atom. The van der Waals surface area contributed by atoms with Crippen LogP contribution in [-0.4, -0.2) is 112 Å². The molecule has 0 amide bonds. The molecule has 73 heavy (non-hydrogen) atoms. The number of rotatable bonds is 20. The van der Waals surface area contributed by atoms with E-state index in [0.717, 1.165) is 0 Å². The SMILES string of the molecule is COc1c(-c2ccc(OCCO)c(OCCO)c2)oc2cc(O[C@@H]3OC(COC(=O)c4ccccc4)[C@@H](OC(=O)c4ccccc4)C(OC(=O)c4ccccc4)[C@@H]3OC(=O)c3ccccc3)cc(OC)c2c1=O. The van der Waals surface area contributed by atoms with Gasteiger partial charge < -0.3 is 62.0 Å². The molecule has 1 aliphatic heterocycles. The van der Waals surface area contributed by atoms with Crippen molar-refractivity contribution >= 4 is 34.8 Å². The highest BCUT2D eigenvalue weighted by atomic mass is 16.7. The van der Waals surface area contributed by atoms with Crippen molar-refractivity contribution in [2.45, 2.75) is 30.7 Å². The summed E-state index contributed by atoms with van der Waals surface area (Å²) >= 11 is 0. The maximum absolute atomic E-state index is 14.3. The van der Waals surface area contributed by atoms with Gasteiger partial charge in [0.25, 0.3) is 0 Å². The van der Waals surface area contributed by atoms with E-state index in [4.69, 9.17) is 51.8 Å². The first-order valence-corrected chi connectivity index (χ1v) is 22.8. The molecule has 1 aliphatic rings. The van der Waals surface area contributed by atoms with Crippen LogP contribution < -0.4 is 29.1 Å². The molecule has 376 valence electrons. The van der Waals surface area contributed by atoms with Crippen LogP contribution in [-0.2, 0) is 23.7 Å². The highest BCUT2D eigenvalue weighted by molar-refractivity contribution is 5.92. The summed E-state index contributed by atoms with van der Waals surface area (Å²) in [6.07, 6.45) is -8.43. The normalized spacial score (nSPS) is 17.1. The van der Waals surface area contributed by atoms with Gasteiger partial charge in [0.2, 0.25) is 23.6 Å². The van der Waals surface area contributed by atoms with E-state index in [0.29, 0.717) is 0 Å². The summed E-state index contributed by atoms with van der Waals surface area (Å²) in [5, 5.41) is 18.8.